The van der Waals surface area contributed by atoms with Crippen LogP contribution in [0.4, 0.5) is 0 Å². The van der Waals surface area contributed by atoms with E-state index in [1.807, 2.05) is 22.8 Å². The molecule has 0 aliphatic rings. The van der Waals surface area contributed by atoms with Crippen LogP contribution in [0.2, 0.25) is 5.02 Å². The summed E-state index contributed by atoms with van der Waals surface area (Å²) in [5, 5.41) is 8.48. The number of aromatic nitrogens is 1. The van der Waals surface area contributed by atoms with Crippen molar-refractivity contribution in [3.05, 3.63) is 40.7 Å². The van der Waals surface area contributed by atoms with Crippen LogP contribution in [0.25, 0.3) is 10.2 Å². The Labute approximate surface area is 90.6 Å². The van der Waals surface area contributed by atoms with Gasteiger partial charge in [-0.1, -0.05) is 29.0 Å². The molecule has 0 spiro atoms. The number of hydrogen-bond acceptors (Lipinski definition) is 2. The van der Waals surface area contributed by atoms with E-state index in [2.05, 4.69) is 6.58 Å². The summed E-state index contributed by atoms with van der Waals surface area (Å²) < 4.78 is 2.95. The van der Waals surface area contributed by atoms with Gasteiger partial charge in [0, 0.05) is 11.6 Å². The minimum absolute atomic E-state index is 0.530. The maximum absolute atomic E-state index is 7.76. The van der Waals surface area contributed by atoms with Crippen LogP contribution in [-0.4, -0.2) is 4.57 Å². The van der Waals surface area contributed by atoms with E-state index < -0.39 is 0 Å². The fourth-order valence-corrected chi connectivity index (χ4v) is 2.57. The van der Waals surface area contributed by atoms with Crippen molar-refractivity contribution in [2.45, 2.75) is 6.54 Å². The molecule has 72 valence electrons. The van der Waals surface area contributed by atoms with Crippen LogP contribution in [-0.2, 0) is 6.54 Å². The quantitative estimate of drug-likeness (QED) is 0.760. The van der Waals surface area contributed by atoms with Crippen LogP contribution >= 0.6 is 22.9 Å². The Kier molecular flexibility index (Phi) is 2.44. The summed E-state index contributed by atoms with van der Waals surface area (Å²) >= 11 is 7.30. The Morgan fingerprint density at radius 1 is 1.57 bits per heavy atom. The van der Waals surface area contributed by atoms with Gasteiger partial charge in [0.15, 0.2) is 4.80 Å². The highest BCUT2D eigenvalue weighted by Gasteiger charge is 2.03. The predicted molar refractivity (Wildman–Crippen MR) is 60.9 cm³/mol. The number of fused-ring (bicyclic) bond motifs is 1. The lowest BCUT2D eigenvalue weighted by atomic mass is 10.3. The molecule has 0 fully saturated rings. The van der Waals surface area contributed by atoms with Crippen molar-refractivity contribution >= 4 is 33.2 Å². The zero-order valence-corrected chi connectivity index (χ0v) is 9.03. The summed E-state index contributed by atoms with van der Waals surface area (Å²) in [4.78, 5) is 0.530. The summed E-state index contributed by atoms with van der Waals surface area (Å²) in [5.74, 6) is 0. The van der Waals surface area contributed by atoms with Gasteiger partial charge in [0.05, 0.1) is 10.2 Å². The fraction of sp³-hybridized carbons (Fsp3) is 0.100. The molecule has 0 aliphatic carbocycles. The molecule has 1 heterocycles. The number of allylic oxidation sites excluding steroid dienone is 1. The van der Waals surface area contributed by atoms with Crippen molar-refractivity contribution in [2.24, 2.45) is 0 Å². The molecular weight excluding hydrogens is 216 g/mol. The lowest BCUT2D eigenvalue weighted by Crippen LogP contribution is -2.11. The number of nitrogens with one attached hydrogen (secondary N) is 1. The van der Waals surface area contributed by atoms with E-state index in [9.17, 15) is 0 Å². The largest absolute Gasteiger partial charge is 0.313 e. The molecule has 0 unspecified atom stereocenters. The molecule has 0 radical (unpaired) electrons. The van der Waals surface area contributed by atoms with Crippen LogP contribution in [0.15, 0.2) is 30.9 Å². The molecule has 2 aromatic rings. The molecule has 0 bridgehead atoms. The van der Waals surface area contributed by atoms with Crippen molar-refractivity contribution in [1.29, 1.82) is 5.41 Å². The molecule has 2 nitrogen and oxygen atoms in total. The van der Waals surface area contributed by atoms with Gasteiger partial charge in [-0.3, -0.25) is 5.41 Å². The second-order valence-electron chi connectivity index (χ2n) is 2.92. The standard InChI is InChI=1S/C10H9ClN2S/c1-2-5-13-8-4-3-7(11)6-9(8)14-10(13)12/h2-4,6,12H,1,5H2. The second kappa shape index (κ2) is 3.59. The number of nitrogens with zero attached hydrogens (tertiary/aromatic N) is 1. The monoisotopic (exact) mass is 224 g/mol. The Morgan fingerprint density at radius 2 is 2.36 bits per heavy atom. The first kappa shape index (κ1) is 9.49. The molecule has 0 saturated carbocycles. The van der Waals surface area contributed by atoms with Gasteiger partial charge in [-0.15, -0.1) is 6.58 Å². The van der Waals surface area contributed by atoms with Crippen LogP contribution in [0.3, 0.4) is 0 Å². The molecule has 4 heteroatoms. The summed E-state index contributed by atoms with van der Waals surface area (Å²) in [6.07, 6.45) is 1.79. The molecule has 0 amide bonds. The van der Waals surface area contributed by atoms with Crippen molar-refractivity contribution < 1.29 is 0 Å². The van der Waals surface area contributed by atoms with E-state index in [0.717, 1.165) is 10.2 Å². The van der Waals surface area contributed by atoms with E-state index in [4.69, 9.17) is 17.0 Å². The van der Waals surface area contributed by atoms with Crippen molar-refractivity contribution in [1.82, 2.24) is 4.57 Å². The van der Waals surface area contributed by atoms with Gasteiger partial charge in [-0.2, -0.15) is 0 Å². The van der Waals surface area contributed by atoms with Gasteiger partial charge >= 0.3 is 0 Å². The molecule has 0 aliphatic heterocycles. The van der Waals surface area contributed by atoms with Gasteiger partial charge in [0.1, 0.15) is 0 Å². The minimum Gasteiger partial charge on any atom is -0.313 e. The third-order valence-electron chi connectivity index (χ3n) is 1.98. The highest BCUT2D eigenvalue weighted by atomic mass is 35.5. The maximum Gasteiger partial charge on any atom is 0.183 e. The lowest BCUT2D eigenvalue weighted by Gasteiger charge is -1.99. The summed E-state index contributed by atoms with van der Waals surface area (Å²) in [7, 11) is 0. The summed E-state index contributed by atoms with van der Waals surface area (Å²) in [6.45, 7) is 4.34. The number of halogens is 1. The van der Waals surface area contributed by atoms with Crippen molar-refractivity contribution in [2.75, 3.05) is 0 Å². The van der Waals surface area contributed by atoms with Crippen molar-refractivity contribution in [3.8, 4) is 0 Å². The number of hydrogen-bond donors (Lipinski definition) is 1. The first-order valence-electron chi connectivity index (χ1n) is 4.17. The van der Waals surface area contributed by atoms with Crippen molar-refractivity contribution in [3.63, 3.8) is 0 Å². The van der Waals surface area contributed by atoms with Gasteiger partial charge < -0.3 is 4.57 Å². The zero-order valence-electron chi connectivity index (χ0n) is 7.46. The van der Waals surface area contributed by atoms with Crippen LogP contribution in [0, 0.1) is 5.41 Å². The van der Waals surface area contributed by atoms with E-state index in [0.29, 0.717) is 16.4 Å². The highest BCUT2D eigenvalue weighted by Crippen LogP contribution is 2.21. The third kappa shape index (κ3) is 1.49. The Balaban J connectivity index is 2.76. The highest BCUT2D eigenvalue weighted by molar-refractivity contribution is 7.16. The average molecular weight is 225 g/mol. The maximum atomic E-state index is 7.76. The molecule has 1 N–H and O–H groups in total. The molecular formula is C10H9ClN2S. The second-order valence-corrected chi connectivity index (χ2v) is 4.39. The molecule has 1 aromatic carbocycles. The fourth-order valence-electron chi connectivity index (χ4n) is 1.37. The molecule has 14 heavy (non-hydrogen) atoms. The zero-order chi connectivity index (χ0) is 10.1. The number of benzene rings is 1. The molecule has 1 aromatic heterocycles. The van der Waals surface area contributed by atoms with Gasteiger partial charge in [0.25, 0.3) is 0 Å². The first-order chi connectivity index (χ1) is 6.72. The smallest absolute Gasteiger partial charge is 0.183 e. The number of rotatable bonds is 2. The predicted octanol–water partition coefficient (Wildman–Crippen LogP) is 3.02. The van der Waals surface area contributed by atoms with Gasteiger partial charge in [-0.05, 0) is 18.2 Å². The van der Waals surface area contributed by atoms with E-state index in [1.165, 1.54) is 11.3 Å². The average Bonchev–Trinajstić information content (AvgIpc) is 2.43. The van der Waals surface area contributed by atoms with E-state index in [1.54, 1.807) is 6.08 Å². The molecule has 0 atom stereocenters. The lowest BCUT2D eigenvalue weighted by molar-refractivity contribution is 0.812. The topological polar surface area (TPSA) is 28.8 Å². The molecule has 2 rings (SSSR count). The Morgan fingerprint density at radius 3 is 3.07 bits per heavy atom. The Bertz CT molecular complexity index is 539. The van der Waals surface area contributed by atoms with Crippen LogP contribution < -0.4 is 4.80 Å². The van der Waals surface area contributed by atoms with E-state index >= 15 is 0 Å². The normalized spacial score (nSPS) is 10.6. The van der Waals surface area contributed by atoms with Crippen LogP contribution in [0.5, 0.6) is 0 Å². The SMILES string of the molecule is C=CCn1c(=N)sc2cc(Cl)ccc21. The first-order valence-corrected chi connectivity index (χ1v) is 5.36. The van der Waals surface area contributed by atoms with E-state index in [-0.39, 0.29) is 0 Å². The summed E-state index contributed by atoms with van der Waals surface area (Å²) in [6, 6.07) is 5.67. The van der Waals surface area contributed by atoms with Gasteiger partial charge in [0.2, 0.25) is 0 Å². The number of thiazole rings is 1. The van der Waals surface area contributed by atoms with Gasteiger partial charge in [-0.25, -0.2) is 0 Å². The molecule has 0 saturated heterocycles. The summed E-state index contributed by atoms with van der Waals surface area (Å²) in [5.41, 5.74) is 1.05. The Hall–Kier alpha value is -1.06. The third-order valence-corrected chi connectivity index (χ3v) is 3.17. The minimum atomic E-state index is 0.530. The van der Waals surface area contributed by atoms with Crippen LogP contribution in [0.1, 0.15) is 0 Å².